The second kappa shape index (κ2) is 6.10. The summed E-state index contributed by atoms with van der Waals surface area (Å²) in [7, 11) is 0. The van der Waals surface area contributed by atoms with Crippen molar-refractivity contribution in [3.05, 3.63) is 34.9 Å². The molecule has 0 atom stereocenters. The highest BCUT2D eigenvalue weighted by Gasteiger charge is 2.07. The molecular weight excluding hydrogens is 284 g/mol. The summed E-state index contributed by atoms with van der Waals surface area (Å²) in [5, 5.41) is 1.18. The van der Waals surface area contributed by atoms with E-state index in [-0.39, 0.29) is 0 Å². The van der Waals surface area contributed by atoms with E-state index in [1.807, 2.05) is 25.3 Å². The number of nitrogens with zero attached hydrogens (tertiary/aromatic N) is 2. The number of aromatic nitrogens is 2. The molecule has 0 amide bonds. The van der Waals surface area contributed by atoms with Gasteiger partial charge < -0.3 is 10.2 Å². The smallest absolute Gasteiger partial charge is 0.225 e. The van der Waals surface area contributed by atoms with Gasteiger partial charge in [-0.1, -0.05) is 29.4 Å². The zero-order chi connectivity index (χ0) is 13.8. The fourth-order valence-electron chi connectivity index (χ4n) is 1.42. The van der Waals surface area contributed by atoms with Gasteiger partial charge in [-0.2, -0.15) is 4.98 Å². The number of ether oxygens (including phenoxy) is 1. The van der Waals surface area contributed by atoms with E-state index in [2.05, 4.69) is 15.4 Å². The van der Waals surface area contributed by atoms with E-state index in [1.165, 1.54) is 11.8 Å². The number of hydrogen-bond acceptors (Lipinski definition) is 6. The van der Waals surface area contributed by atoms with E-state index in [0.717, 1.165) is 5.56 Å². The van der Waals surface area contributed by atoms with E-state index in [0.29, 0.717) is 27.6 Å². The van der Waals surface area contributed by atoms with Crippen molar-refractivity contribution in [2.75, 3.05) is 11.7 Å². The summed E-state index contributed by atoms with van der Waals surface area (Å²) < 4.78 is 5.73. The summed E-state index contributed by atoms with van der Waals surface area (Å²) in [6, 6.07) is 7.06. The Morgan fingerprint density at radius 2 is 2.11 bits per heavy atom. The highest BCUT2D eigenvalue weighted by molar-refractivity contribution is 7.98. The summed E-state index contributed by atoms with van der Waals surface area (Å²) in [5.74, 6) is 6.93. The Morgan fingerprint density at radius 3 is 2.79 bits per heavy atom. The minimum absolute atomic E-state index is 0.415. The SMILES string of the molecule is CSc1nc(NN)cc(Oc2cc(Cl)ccc2C)n1. The highest BCUT2D eigenvalue weighted by Crippen LogP contribution is 2.28. The van der Waals surface area contributed by atoms with Crippen molar-refractivity contribution in [2.45, 2.75) is 12.1 Å². The molecule has 0 aliphatic heterocycles. The summed E-state index contributed by atoms with van der Waals surface area (Å²) in [4.78, 5) is 8.42. The molecule has 0 spiro atoms. The third-order valence-corrected chi connectivity index (χ3v) is 3.16. The first-order valence-corrected chi connectivity index (χ1v) is 7.06. The zero-order valence-electron chi connectivity index (χ0n) is 10.5. The van der Waals surface area contributed by atoms with Crippen molar-refractivity contribution in [1.82, 2.24) is 9.97 Å². The van der Waals surface area contributed by atoms with Crippen LogP contribution in [0.2, 0.25) is 5.02 Å². The third-order valence-electron chi connectivity index (χ3n) is 2.38. The lowest BCUT2D eigenvalue weighted by atomic mass is 10.2. The first-order valence-electron chi connectivity index (χ1n) is 5.46. The summed E-state index contributed by atoms with van der Waals surface area (Å²) in [6.07, 6.45) is 1.88. The molecule has 0 saturated heterocycles. The second-order valence-electron chi connectivity index (χ2n) is 3.73. The number of anilines is 1. The average molecular weight is 297 g/mol. The largest absolute Gasteiger partial charge is 0.438 e. The van der Waals surface area contributed by atoms with Crippen LogP contribution in [0, 0.1) is 6.92 Å². The molecule has 0 unspecified atom stereocenters. The molecule has 1 heterocycles. The minimum Gasteiger partial charge on any atom is -0.438 e. The Labute approximate surface area is 120 Å². The predicted octanol–water partition coefficient (Wildman–Crippen LogP) is 3.24. The van der Waals surface area contributed by atoms with Gasteiger partial charge in [-0.25, -0.2) is 10.8 Å². The van der Waals surface area contributed by atoms with Gasteiger partial charge in [-0.15, -0.1) is 0 Å². The first-order chi connectivity index (χ1) is 9.12. The van der Waals surface area contributed by atoms with Gasteiger partial charge in [0.05, 0.1) is 0 Å². The maximum absolute atomic E-state index is 5.95. The topological polar surface area (TPSA) is 73.1 Å². The minimum atomic E-state index is 0.415. The molecule has 0 aliphatic rings. The number of halogens is 1. The number of nitrogens with two attached hydrogens (primary N) is 1. The molecule has 1 aromatic carbocycles. The Balaban J connectivity index is 2.34. The van der Waals surface area contributed by atoms with Crippen LogP contribution in [0.3, 0.4) is 0 Å². The van der Waals surface area contributed by atoms with Gasteiger partial charge >= 0.3 is 0 Å². The molecule has 2 aromatic rings. The molecule has 3 N–H and O–H groups in total. The third kappa shape index (κ3) is 3.50. The molecule has 1 aromatic heterocycles. The number of rotatable bonds is 4. The lowest BCUT2D eigenvalue weighted by Crippen LogP contribution is -2.09. The van der Waals surface area contributed by atoms with Crippen LogP contribution in [0.25, 0.3) is 0 Å². The van der Waals surface area contributed by atoms with Crippen LogP contribution >= 0.6 is 23.4 Å². The fraction of sp³-hybridized carbons (Fsp3) is 0.167. The van der Waals surface area contributed by atoms with E-state index >= 15 is 0 Å². The first kappa shape index (κ1) is 13.9. The van der Waals surface area contributed by atoms with Crippen molar-refractivity contribution in [1.29, 1.82) is 0 Å². The van der Waals surface area contributed by atoms with E-state index in [1.54, 1.807) is 12.1 Å². The van der Waals surface area contributed by atoms with Crippen LogP contribution in [0.1, 0.15) is 5.56 Å². The fourth-order valence-corrected chi connectivity index (χ4v) is 1.95. The quantitative estimate of drug-likeness (QED) is 0.390. The van der Waals surface area contributed by atoms with Crippen LogP contribution < -0.4 is 16.0 Å². The molecule has 5 nitrogen and oxygen atoms in total. The van der Waals surface area contributed by atoms with Crippen molar-refractivity contribution in [3.8, 4) is 11.6 Å². The lowest BCUT2D eigenvalue weighted by Gasteiger charge is -2.10. The number of hydrazine groups is 1. The van der Waals surface area contributed by atoms with Gasteiger partial charge in [0.2, 0.25) is 5.88 Å². The molecule has 100 valence electrons. The van der Waals surface area contributed by atoms with Gasteiger partial charge in [0.1, 0.15) is 11.6 Å². The van der Waals surface area contributed by atoms with Crippen LogP contribution in [0.4, 0.5) is 5.82 Å². The molecule has 0 aliphatic carbocycles. The Kier molecular flexibility index (Phi) is 4.47. The normalized spacial score (nSPS) is 10.3. The second-order valence-corrected chi connectivity index (χ2v) is 4.94. The molecule has 7 heteroatoms. The van der Waals surface area contributed by atoms with Gasteiger partial charge in [-0.3, -0.25) is 0 Å². The van der Waals surface area contributed by atoms with Crippen molar-refractivity contribution in [3.63, 3.8) is 0 Å². The Bertz CT molecular complexity index is 572. The van der Waals surface area contributed by atoms with Crippen LogP contribution in [0.15, 0.2) is 29.4 Å². The van der Waals surface area contributed by atoms with Crippen molar-refractivity contribution in [2.24, 2.45) is 5.84 Å². The monoisotopic (exact) mass is 296 g/mol. The molecule has 0 radical (unpaired) electrons. The lowest BCUT2D eigenvalue weighted by molar-refractivity contribution is 0.453. The number of benzene rings is 1. The van der Waals surface area contributed by atoms with Crippen molar-refractivity contribution >= 4 is 29.2 Å². The molecular formula is C12H13ClN4OS. The number of aryl methyl sites for hydroxylation is 1. The Morgan fingerprint density at radius 1 is 1.32 bits per heavy atom. The highest BCUT2D eigenvalue weighted by atomic mass is 35.5. The molecule has 19 heavy (non-hydrogen) atoms. The summed E-state index contributed by atoms with van der Waals surface area (Å²) >= 11 is 7.36. The van der Waals surface area contributed by atoms with Gasteiger partial charge in [-0.05, 0) is 30.9 Å². The molecule has 0 saturated carbocycles. The van der Waals surface area contributed by atoms with Gasteiger partial charge in [0.25, 0.3) is 0 Å². The maximum atomic E-state index is 5.95. The van der Waals surface area contributed by atoms with Crippen LogP contribution in [-0.4, -0.2) is 16.2 Å². The van der Waals surface area contributed by atoms with E-state index in [4.69, 9.17) is 22.2 Å². The van der Waals surface area contributed by atoms with Gasteiger partial charge in [0, 0.05) is 11.1 Å². The van der Waals surface area contributed by atoms with E-state index < -0.39 is 0 Å². The Hall–Kier alpha value is -1.50. The number of nitrogen functional groups attached to an aromatic ring is 1. The van der Waals surface area contributed by atoms with Crippen LogP contribution in [0.5, 0.6) is 11.6 Å². The van der Waals surface area contributed by atoms with E-state index in [9.17, 15) is 0 Å². The zero-order valence-corrected chi connectivity index (χ0v) is 12.0. The number of nitrogens with one attached hydrogen (secondary N) is 1. The van der Waals surface area contributed by atoms with Gasteiger partial charge in [0.15, 0.2) is 5.16 Å². The van der Waals surface area contributed by atoms with Crippen LogP contribution in [-0.2, 0) is 0 Å². The number of hydrogen-bond donors (Lipinski definition) is 2. The standard InChI is InChI=1S/C12H13ClN4OS/c1-7-3-4-8(13)5-9(7)18-11-6-10(17-14)15-12(16-11)19-2/h3-6H,14H2,1-2H3,(H,15,16,17). The molecule has 0 bridgehead atoms. The number of thioether (sulfide) groups is 1. The molecule has 2 rings (SSSR count). The van der Waals surface area contributed by atoms with Crippen molar-refractivity contribution < 1.29 is 4.74 Å². The maximum Gasteiger partial charge on any atom is 0.225 e. The summed E-state index contributed by atoms with van der Waals surface area (Å²) in [5.41, 5.74) is 3.45. The molecule has 0 fully saturated rings. The average Bonchev–Trinajstić information content (AvgIpc) is 2.42. The summed E-state index contributed by atoms with van der Waals surface area (Å²) in [6.45, 7) is 1.93. The predicted molar refractivity (Wildman–Crippen MR) is 77.9 cm³/mol.